The van der Waals surface area contributed by atoms with E-state index < -0.39 is 11.9 Å². The minimum absolute atomic E-state index is 0.0411. The van der Waals surface area contributed by atoms with Crippen molar-refractivity contribution in [3.05, 3.63) is 82.6 Å². The number of nitrogens with one attached hydrogen (secondary N) is 2. The summed E-state index contributed by atoms with van der Waals surface area (Å²) in [5.74, 6) is -0.472. The average molecular weight is 508 g/mol. The zero-order valence-corrected chi connectivity index (χ0v) is 20.8. The first-order chi connectivity index (χ1) is 17.6. The van der Waals surface area contributed by atoms with Gasteiger partial charge in [-0.25, -0.2) is 0 Å². The van der Waals surface area contributed by atoms with Crippen LogP contribution in [0.4, 0.5) is 5.69 Å². The molecule has 2 aromatic carbocycles. The van der Waals surface area contributed by atoms with Crippen molar-refractivity contribution in [2.75, 3.05) is 31.7 Å². The van der Waals surface area contributed by atoms with Gasteiger partial charge in [-0.2, -0.15) is 0 Å². The second-order valence-corrected chi connectivity index (χ2v) is 9.26. The number of carbonyl (C=O) groups excluding carboxylic acids is 3. The predicted octanol–water partition coefficient (Wildman–Crippen LogP) is 3.56. The van der Waals surface area contributed by atoms with Crippen LogP contribution in [-0.2, 0) is 14.3 Å². The van der Waals surface area contributed by atoms with Crippen molar-refractivity contribution in [2.24, 2.45) is 0 Å². The molecule has 3 aromatic rings. The predicted molar refractivity (Wildman–Crippen MR) is 138 cm³/mol. The standard InChI is InChI=1S/C27H29N3O5S/c1-34-21-13-11-20(12-14-21)30(24(31)18-29-26(32)23-10-6-16-36-23)25(19-7-3-2-4-8-19)27(33)28-17-22-9-5-15-35-22/h2-4,6-8,10-14,16,22,25H,5,9,15,17-18H2,1H3,(H,28,33)(H,29,32)/t22-,25+/m0/s1. The van der Waals surface area contributed by atoms with E-state index in [9.17, 15) is 14.4 Å². The molecule has 0 unspecified atom stereocenters. The van der Waals surface area contributed by atoms with Gasteiger partial charge >= 0.3 is 0 Å². The molecule has 36 heavy (non-hydrogen) atoms. The lowest BCUT2D eigenvalue weighted by Crippen LogP contribution is -2.48. The third-order valence-electron chi connectivity index (χ3n) is 5.91. The Morgan fingerprint density at radius 3 is 2.47 bits per heavy atom. The quantitative estimate of drug-likeness (QED) is 0.438. The van der Waals surface area contributed by atoms with Gasteiger partial charge in [0.2, 0.25) is 11.8 Å². The van der Waals surface area contributed by atoms with E-state index >= 15 is 0 Å². The van der Waals surface area contributed by atoms with E-state index in [2.05, 4.69) is 10.6 Å². The molecule has 8 nitrogen and oxygen atoms in total. The first-order valence-corrected chi connectivity index (χ1v) is 12.7. The zero-order valence-electron chi connectivity index (χ0n) is 20.0. The number of ether oxygens (including phenoxy) is 2. The smallest absolute Gasteiger partial charge is 0.261 e. The van der Waals surface area contributed by atoms with Crippen LogP contribution in [0.3, 0.4) is 0 Å². The molecule has 1 aromatic heterocycles. The zero-order chi connectivity index (χ0) is 25.3. The van der Waals surface area contributed by atoms with Crippen LogP contribution in [0, 0.1) is 0 Å². The molecule has 1 saturated heterocycles. The molecule has 2 heterocycles. The molecule has 0 aliphatic carbocycles. The molecule has 1 aliphatic rings. The Morgan fingerprint density at radius 2 is 1.83 bits per heavy atom. The van der Waals surface area contributed by atoms with Gasteiger partial charge in [-0.05, 0) is 54.1 Å². The van der Waals surface area contributed by atoms with Crippen molar-refractivity contribution in [1.29, 1.82) is 0 Å². The van der Waals surface area contributed by atoms with Gasteiger partial charge in [-0.3, -0.25) is 19.3 Å². The van der Waals surface area contributed by atoms with Crippen molar-refractivity contribution >= 4 is 34.7 Å². The minimum Gasteiger partial charge on any atom is -0.497 e. The molecule has 188 valence electrons. The Balaban J connectivity index is 1.63. The molecule has 0 radical (unpaired) electrons. The molecular weight excluding hydrogens is 478 g/mol. The molecular formula is C27H29N3O5S. The summed E-state index contributed by atoms with van der Waals surface area (Å²) in [6, 6.07) is 18.5. The second kappa shape index (κ2) is 12.3. The van der Waals surface area contributed by atoms with Crippen LogP contribution in [0.25, 0.3) is 0 Å². The van der Waals surface area contributed by atoms with Gasteiger partial charge in [0.15, 0.2) is 0 Å². The molecule has 0 bridgehead atoms. The number of hydrogen-bond acceptors (Lipinski definition) is 6. The highest BCUT2D eigenvalue weighted by atomic mass is 32.1. The van der Waals surface area contributed by atoms with Gasteiger partial charge in [-0.1, -0.05) is 36.4 Å². The van der Waals surface area contributed by atoms with Gasteiger partial charge in [0.25, 0.3) is 5.91 Å². The molecule has 1 fully saturated rings. The molecule has 2 atom stereocenters. The van der Waals surface area contributed by atoms with Gasteiger partial charge < -0.3 is 20.1 Å². The first kappa shape index (κ1) is 25.4. The fraction of sp³-hybridized carbons (Fsp3) is 0.296. The highest BCUT2D eigenvalue weighted by Gasteiger charge is 2.33. The van der Waals surface area contributed by atoms with Gasteiger partial charge in [0, 0.05) is 18.8 Å². The molecule has 2 N–H and O–H groups in total. The largest absolute Gasteiger partial charge is 0.497 e. The van der Waals surface area contributed by atoms with Crippen LogP contribution in [0.15, 0.2) is 72.1 Å². The fourth-order valence-electron chi connectivity index (χ4n) is 4.09. The fourth-order valence-corrected chi connectivity index (χ4v) is 4.73. The highest BCUT2D eigenvalue weighted by Crippen LogP contribution is 2.29. The van der Waals surface area contributed by atoms with Crippen LogP contribution in [0.1, 0.15) is 34.1 Å². The van der Waals surface area contributed by atoms with Crippen molar-refractivity contribution in [3.63, 3.8) is 0 Å². The number of carbonyl (C=O) groups is 3. The summed E-state index contributed by atoms with van der Waals surface area (Å²) in [6.07, 6.45) is 1.80. The van der Waals surface area contributed by atoms with Crippen molar-refractivity contribution in [1.82, 2.24) is 10.6 Å². The Morgan fingerprint density at radius 1 is 1.06 bits per heavy atom. The van der Waals surface area contributed by atoms with Gasteiger partial charge in [-0.15, -0.1) is 11.3 Å². The van der Waals surface area contributed by atoms with E-state index in [4.69, 9.17) is 9.47 Å². The lowest BCUT2D eigenvalue weighted by molar-refractivity contribution is -0.126. The summed E-state index contributed by atoms with van der Waals surface area (Å²) in [6.45, 7) is 0.774. The third kappa shape index (κ3) is 6.30. The van der Waals surface area contributed by atoms with E-state index in [0.717, 1.165) is 12.8 Å². The number of nitrogens with zero attached hydrogens (tertiary/aromatic N) is 1. The first-order valence-electron chi connectivity index (χ1n) is 11.8. The Kier molecular flexibility index (Phi) is 8.70. The lowest BCUT2D eigenvalue weighted by atomic mass is 10.0. The minimum atomic E-state index is -0.952. The molecule has 3 amide bonds. The van der Waals surface area contributed by atoms with E-state index in [1.54, 1.807) is 48.9 Å². The van der Waals surface area contributed by atoms with Crippen LogP contribution < -0.4 is 20.3 Å². The Bertz CT molecular complexity index is 1150. The number of thiophene rings is 1. The topological polar surface area (TPSA) is 97.0 Å². The van der Waals surface area contributed by atoms with E-state index in [0.29, 0.717) is 35.0 Å². The van der Waals surface area contributed by atoms with Crippen LogP contribution in [0.2, 0.25) is 0 Å². The monoisotopic (exact) mass is 507 g/mol. The molecule has 1 aliphatic heterocycles. The van der Waals surface area contributed by atoms with Crippen LogP contribution >= 0.6 is 11.3 Å². The van der Waals surface area contributed by atoms with Crippen molar-refractivity contribution in [3.8, 4) is 5.75 Å². The second-order valence-electron chi connectivity index (χ2n) is 8.32. The van der Waals surface area contributed by atoms with Gasteiger partial charge in [0.1, 0.15) is 11.8 Å². The average Bonchev–Trinajstić information content (AvgIpc) is 3.64. The maximum atomic E-state index is 13.6. The summed E-state index contributed by atoms with van der Waals surface area (Å²) in [5.41, 5.74) is 1.16. The molecule has 9 heteroatoms. The number of methoxy groups -OCH3 is 1. The third-order valence-corrected chi connectivity index (χ3v) is 6.78. The SMILES string of the molecule is COc1ccc(N(C(=O)CNC(=O)c2cccs2)[C@@H](C(=O)NC[C@@H]2CCCO2)c2ccccc2)cc1. The maximum Gasteiger partial charge on any atom is 0.261 e. The number of anilines is 1. The number of benzene rings is 2. The van der Waals surface area contributed by atoms with E-state index in [1.165, 1.54) is 16.2 Å². The molecule has 0 spiro atoms. The number of rotatable bonds is 10. The van der Waals surface area contributed by atoms with Crippen molar-refractivity contribution in [2.45, 2.75) is 25.0 Å². The van der Waals surface area contributed by atoms with Gasteiger partial charge in [0.05, 0.1) is 24.6 Å². The summed E-state index contributed by atoms with van der Waals surface area (Å²) in [5, 5.41) is 7.45. The Labute approximate surface area is 214 Å². The van der Waals surface area contributed by atoms with Crippen LogP contribution in [0.5, 0.6) is 5.75 Å². The lowest BCUT2D eigenvalue weighted by Gasteiger charge is -2.32. The maximum absolute atomic E-state index is 13.6. The number of amides is 3. The summed E-state index contributed by atoms with van der Waals surface area (Å²) in [4.78, 5) is 41.7. The summed E-state index contributed by atoms with van der Waals surface area (Å²) >= 11 is 1.29. The van der Waals surface area contributed by atoms with Crippen LogP contribution in [-0.4, -0.2) is 50.6 Å². The Hall–Kier alpha value is -3.69. The summed E-state index contributed by atoms with van der Waals surface area (Å²) in [7, 11) is 1.56. The molecule has 4 rings (SSSR count). The van der Waals surface area contributed by atoms with E-state index in [1.807, 2.05) is 30.3 Å². The highest BCUT2D eigenvalue weighted by molar-refractivity contribution is 7.12. The van der Waals surface area contributed by atoms with E-state index in [-0.39, 0.29) is 24.5 Å². The molecule has 0 saturated carbocycles. The number of hydrogen-bond donors (Lipinski definition) is 2. The normalized spacial score (nSPS) is 15.6. The summed E-state index contributed by atoms with van der Waals surface area (Å²) < 4.78 is 10.9. The van der Waals surface area contributed by atoms with Crippen molar-refractivity contribution < 1.29 is 23.9 Å².